The largest absolute Gasteiger partial charge is 0.417 e. The van der Waals surface area contributed by atoms with E-state index in [0.29, 0.717) is 41.1 Å². The van der Waals surface area contributed by atoms with Crippen molar-refractivity contribution in [2.75, 3.05) is 5.73 Å². The summed E-state index contributed by atoms with van der Waals surface area (Å²) < 4.78 is 40.8. The second-order valence-electron chi connectivity index (χ2n) is 8.09. The number of nitrogens with zero attached hydrogens (tertiary/aromatic N) is 4. The normalized spacial score (nSPS) is 11.7. The molecule has 0 spiro atoms. The zero-order valence-corrected chi connectivity index (χ0v) is 18.3. The zero-order chi connectivity index (χ0) is 24.6. The molecule has 1 aromatic carbocycles. The van der Waals surface area contributed by atoms with Gasteiger partial charge in [0.25, 0.3) is 5.91 Å². The van der Waals surface area contributed by atoms with Crippen LogP contribution in [0, 0.1) is 0 Å². The summed E-state index contributed by atoms with van der Waals surface area (Å²) in [5, 5.41) is 3.27. The molecular weight excluding hydrogens is 457 g/mol. The van der Waals surface area contributed by atoms with Crippen LogP contribution in [0.2, 0.25) is 0 Å². The minimum atomic E-state index is -4.46. The van der Waals surface area contributed by atoms with Crippen molar-refractivity contribution < 1.29 is 18.0 Å². The summed E-state index contributed by atoms with van der Waals surface area (Å²) in [6.45, 7) is 0.317. The molecule has 5 rings (SSSR count). The number of nitrogens with one attached hydrogen (secondary N) is 1. The lowest BCUT2D eigenvalue weighted by Gasteiger charge is -2.09. The van der Waals surface area contributed by atoms with Gasteiger partial charge < -0.3 is 11.1 Å². The molecule has 0 aliphatic heterocycles. The first-order chi connectivity index (χ1) is 16.8. The summed E-state index contributed by atoms with van der Waals surface area (Å²) in [5.74, 6) is 0.127. The number of carbonyl (C=O) groups is 1. The SMILES string of the molecule is Nc1ncc2cc(CNC(=O)c3ccnc(Cc4ccc5ncc(C(F)(F)F)cc5c4)c3)ccn12. The fraction of sp³-hybridized carbons (Fsp3) is 0.120. The molecule has 7 nitrogen and oxygen atoms in total. The predicted octanol–water partition coefficient (Wildman–Crippen LogP) is 4.40. The van der Waals surface area contributed by atoms with Crippen molar-refractivity contribution in [2.45, 2.75) is 19.1 Å². The van der Waals surface area contributed by atoms with Crippen LogP contribution in [-0.2, 0) is 19.1 Å². The Balaban J connectivity index is 1.29. The van der Waals surface area contributed by atoms with Gasteiger partial charge in [-0.1, -0.05) is 6.07 Å². The molecule has 0 unspecified atom stereocenters. The molecule has 0 aliphatic rings. The van der Waals surface area contributed by atoms with Crippen molar-refractivity contribution in [3.63, 3.8) is 0 Å². The standard InChI is InChI=1S/C25H19F3N6O/c26-25(27,28)19-10-18-7-15(1-2-22(18)31-13-19)8-20-11-17(3-5-30-20)23(35)32-12-16-4-6-34-21(9-16)14-33-24(34)29/h1-7,9-11,13-14H,8,12H2,(H2,29,33)(H,32,35). The third-order valence-corrected chi connectivity index (χ3v) is 5.62. The van der Waals surface area contributed by atoms with Crippen molar-refractivity contribution in [3.8, 4) is 0 Å². The van der Waals surface area contributed by atoms with Gasteiger partial charge in [0.05, 0.1) is 22.8 Å². The van der Waals surface area contributed by atoms with Gasteiger partial charge in [0.15, 0.2) is 0 Å². The Morgan fingerprint density at radius 1 is 0.971 bits per heavy atom. The smallest absolute Gasteiger partial charge is 0.369 e. The van der Waals surface area contributed by atoms with Gasteiger partial charge in [-0.05, 0) is 53.6 Å². The summed E-state index contributed by atoms with van der Waals surface area (Å²) in [6.07, 6.45) is 1.71. The Labute approximate surface area is 197 Å². The number of anilines is 1. The third-order valence-electron chi connectivity index (χ3n) is 5.62. The number of halogens is 3. The average molecular weight is 476 g/mol. The van der Waals surface area contributed by atoms with E-state index in [4.69, 9.17) is 5.73 Å². The van der Waals surface area contributed by atoms with Crippen molar-refractivity contribution in [2.24, 2.45) is 0 Å². The van der Waals surface area contributed by atoms with E-state index in [1.54, 1.807) is 47.1 Å². The minimum absolute atomic E-state index is 0.265. The highest BCUT2D eigenvalue weighted by Crippen LogP contribution is 2.30. The maximum atomic E-state index is 13.0. The Hall–Kier alpha value is -4.47. The van der Waals surface area contributed by atoms with Gasteiger partial charge in [0.2, 0.25) is 5.95 Å². The molecule has 176 valence electrons. The minimum Gasteiger partial charge on any atom is -0.369 e. The van der Waals surface area contributed by atoms with E-state index in [2.05, 4.69) is 20.3 Å². The van der Waals surface area contributed by atoms with E-state index in [1.807, 2.05) is 12.1 Å². The zero-order valence-electron chi connectivity index (χ0n) is 18.3. The number of aromatic nitrogens is 4. The summed E-state index contributed by atoms with van der Waals surface area (Å²) in [7, 11) is 0. The van der Waals surface area contributed by atoms with Crippen molar-refractivity contribution in [3.05, 3.63) is 101 Å². The molecule has 5 aromatic rings. The first kappa shape index (κ1) is 22.3. The van der Waals surface area contributed by atoms with Crippen LogP contribution in [0.15, 0.2) is 73.3 Å². The van der Waals surface area contributed by atoms with Crippen LogP contribution in [0.1, 0.15) is 32.7 Å². The molecule has 0 saturated heterocycles. The maximum Gasteiger partial charge on any atom is 0.417 e. The molecule has 0 aliphatic carbocycles. The lowest BCUT2D eigenvalue weighted by Crippen LogP contribution is -2.23. The first-order valence-electron chi connectivity index (χ1n) is 10.7. The summed E-state index contributed by atoms with van der Waals surface area (Å²) in [4.78, 5) is 25.0. The molecule has 10 heteroatoms. The highest BCUT2D eigenvalue weighted by molar-refractivity contribution is 5.94. The molecule has 0 bridgehead atoms. The predicted molar refractivity (Wildman–Crippen MR) is 125 cm³/mol. The van der Waals surface area contributed by atoms with Gasteiger partial charge >= 0.3 is 6.18 Å². The van der Waals surface area contributed by atoms with Gasteiger partial charge in [-0.2, -0.15) is 13.2 Å². The number of nitrogen functional groups attached to an aromatic ring is 1. The molecule has 0 saturated carbocycles. The molecular formula is C25H19F3N6O. The Bertz CT molecular complexity index is 1560. The molecule has 0 radical (unpaired) electrons. The van der Waals surface area contributed by atoms with E-state index in [9.17, 15) is 18.0 Å². The van der Waals surface area contributed by atoms with E-state index in [-0.39, 0.29) is 5.91 Å². The van der Waals surface area contributed by atoms with Gasteiger partial charge in [-0.3, -0.25) is 19.2 Å². The van der Waals surface area contributed by atoms with E-state index in [1.165, 1.54) is 6.20 Å². The third kappa shape index (κ3) is 4.77. The van der Waals surface area contributed by atoms with Crippen LogP contribution in [0.5, 0.6) is 0 Å². The number of hydrogen-bond acceptors (Lipinski definition) is 5. The number of amides is 1. The first-order valence-corrected chi connectivity index (χ1v) is 10.7. The van der Waals surface area contributed by atoms with Crippen LogP contribution >= 0.6 is 0 Å². The number of fused-ring (bicyclic) bond motifs is 2. The number of pyridine rings is 3. The number of benzene rings is 1. The topological polar surface area (TPSA) is 98.2 Å². The Morgan fingerprint density at radius 3 is 2.66 bits per heavy atom. The molecule has 4 heterocycles. The number of alkyl halides is 3. The second kappa shape index (κ2) is 8.71. The maximum absolute atomic E-state index is 13.0. The lowest BCUT2D eigenvalue weighted by molar-refractivity contribution is -0.137. The quantitative estimate of drug-likeness (QED) is 0.392. The molecule has 4 aromatic heterocycles. The van der Waals surface area contributed by atoms with Crippen LogP contribution in [-0.4, -0.2) is 25.3 Å². The van der Waals surface area contributed by atoms with Crippen LogP contribution in [0.25, 0.3) is 16.4 Å². The fourth-order valence-corrected chi connectivity index (χ4v) is 3.83. The van der Waals surface area contributed by atoms with Gasteiger partial charge in [-0.15, -0.1) is 0 Å². The molecule has 1 amide bonds. The summed E-state index contributed by atoms with van der Waals surface area (Å²) in [6, 6.07) is 13.2. The van der Waals surface area contributed by atoms with E-state index < -0.39 is 11.7 Å². The number of hydrogen-bond donors (Lipinski definition) is 2. The van der Waals surface area contributed by atoms with Crippen molar-refractivity contribution in [1.29, 1.82) is 0 Å². The highest BCUT2D eigenvalue weighted by Gasteiger charge is 2.31. The molecule has 0 fully saturated rings. The van der Waals surface area contributed by atoms with Crippen molar-refractivity contribution >= 4 is 28.3 Å². The van der Waals surface area contributed by atoms with E-state index >= 15 is 0 Å². The second-order valence-corrected chi connectivity index (χ2v) is 8.09. The number of rotatable bonds is 5. The Kier molecular flexibility index (Phi) is 5.56. The number of carbonyl (C=O) groups excluding carboxylic acids is 1. The average Bonchev–Trinajstić information content (AvgIpc) is 3.21. The monoisotopic (exact) mass is 476 g/mol. The van der Waals surface area contributed by atoms with Crippen LogP contribution in [0.3, 0.4) is 0 Å². The van der Waals surface area contributed by atoms with Crippen LogP contribution in [0.4, 0.5) is 19.1 Å². The van der Waals surface area contributed by atoms with E-state index in [0.717, 1.165) is 28.9 Å². The fourth-order valence-electron chi connectivity index (χ4n) is 3.83. The summed E-state index contributed by atoms with van der Waals surface area (Å²) >= 11 is 0. The lowest BCUT2D eigenvalue weighted by atomic mass is 10.0. The summed E-state index contributed by atoms with van der Waals surface area (Å²) in [5.41, 5.74) is 8.98. The van der Waals surface area contributed by atoms with Crippen LogP contribution < -0.4 is 11.1 Å². The van der Waals surface area contributed by atoms with Crippen molar-refractivity contribution in [1.82, 2.24) is 24.7 Å². The molecule has 3 N–H and O–H groups in total. The van der Waals surface area contributed by atoms with Gasteiger partial charge in [0.1, 0.15) is 0 Å². The molecule has 35 heavy (non-hydrogen) atoms. The highest BCUT2D eigenvalue weighted by atomic mass is 19.4. The van der Waals surface area contributed by atoms with Gasteiger partial charge in [0, 0.05) is 48.2 Å². The number of nitrogens with two attached hydrogens (primary N) is 1. The van der Waals surface area contributed by atoms with Gasteiger partial charge in [-0.25, -0.2) is 4.98 Å². The number of imidazole rings is 1. The Morgan fingerprint density at radius 2 is 1.83 bits per heavy atom. The molecule has 0 atom stereocenters.